The van der Waals surface area contributed by atoms with Crippen molar-refractivity contribution in [1.82, 2.24) is 5.09 Å². The first-order chi connectivity index (χ1) is 10.9. The molecule has 7 heteroatoms. The number of hydrogen-bond acceptors (Lipinski definition) is 5. The highest BCUT2D eigenvalue weighted by atomic mass is 35.7. The fraction of sp³-hybridized carbons (Fsp3) is 0.250. The van der Waals surface area contributed by atoms with Crippen LogP contribution in [0.15, 0.2) is 60.7 Å². The molecule has 1 aliphatic heterocycles. The van der Waals surface area contributed by atoms with E-state index in [0.717, 1.165) is 6.54 Å². The van der Waals surface area contributed by atoms with E-state index in [4.69, 9.17) is 18.6 Å². The number of benzene rings is 2. The van der Waals surface area contributed by atoms with E-state index in [-0.39, 0.29) is 0 Å². The fourth-order valence-corrected chi connectivity index (χ4v) is 6.72. The minimum Gasteiger partial charge on any atom is -0.222 e. The number of hydrogen-bond donors (Lipinski definition) is 1. The van der Waals surface area contributed by atoms with E-state index in [1.54, 1.807) is 0 Å². The van der Waals surface area contributed by atoms with Gasteiger partial charge in [-0.1, -0.05) is 36.4 Å². The van der Waals surface area contributed by atoms with Gasteiger partial charge in [-0.25, -0.2) is 18.6 Å². The highest BCUT2D eigenvalue weighted by molar-refractivity contribution is 7.87. The SMILES string of the molecule is [O-][Cl+3]([O-])([O-])[O-].c1ccc([P+]2(c3ccccc3)CCCCN2)cc1. The Kier molecular flexibility index (Phi) is 6.50. The van der Waals surface area contributed by atoms with Gasteiger partial charge in [-0.05, 0) is 37.1 Å². The molecule has 0 bridgehead atoms. The Labute approximate surface area is 138 Å². The molecule has 2 aromatic carbocycles. The molecule has 0 aliphatic carbocycles. The molecule has 23 heavy (non-hydrogen) atoms. The van der Waals surface area contributed by atoms with Crippen molar-refractivity contribution in [3.05, 3.63) is 60.7 Å². The Balaban J connectivity index is 0.000000338. The Hall–Kier alpha value is -1.04. The van der Waals surface area contributed by atoms with Crippen LogP contribution >= 0.6 is 7.41 Å². The predicted molar refractivity (Wildman–Crippen MR) is 81.2 cm³/mol. The summed E-state index contributed by atoms with van der Waals surface area (Å²) in [7, 11) is -6.29. The molecule has 0 atom stereocenters. The molecule has 124 valence electrons. The maximum Gasteiger partial charge on any atom is 0.145 e. The minimum absolute atomic E-state index is 1.15. The molecule has 0 saturated carbocycles. The van der Waals surface area contributed by atoms with Crippen molar-refractivity contribution >= 4 is 18.0 Å². The Bertz CT molecular complexity index is 539. The van der Waals surface area contributed by atoms with Crippen molar-refractivity contribution in [1.29, 1.82) is 0 Å². The molecule has 0 spiro atoms. The summed E-state index contributed by atoms with van der Waals surface area (Å²) < 4.78 is 34.0. The van der Waals surface area contributed by atoms with Crippen LogP contribution in [0.4, 0.5) is 0 Å². The summed E-state index contributed by atoms with van der Waals surface area (Å²) in [6.45, 7) is 1.15. The Morgan fingerprint density at radius 2 is 1.17 bits per heavy atom. The van der Waals surface area contributed by atoms with Gasteiger partial charge >= 0.3 is 0 Å². The van der Waals surface area contributed by atoms with Crippen molar-refractivity contribution in [2.24, 2.45) is 0 Å². The first-order valence-corrected chi connectivity index (χ1v) is 10.5. The van der Waals surface area contributed by atoms with E-state index in [1.165, 1.54) is 29.6 Å². The standard InChI is InChI=1S/C16H19NP.ClHO4/c1-3-9-15(10-4-1)18(14-8-7-13-17-18)16-11-5-2-6-12-16;2-1(3,4)5/h1-6,9-12,17H,7-8,13-14H2;(H,2,3,4,5)/q+1;/p-1. The lowest BCUT2D eigenvalue weighted by Gasteiger charge is -2.31. The van der Waals surface area contributed by atoms with Crippen LogP contribution in [0.1, 0.15) is 12.8 Å². The van der Waals surface area contributed by atoms with E-state index in [1.807, 2.05) is 0 Å². The zero-order valence-corrected chi connectivity index (χ0v) is 14.2. The molecule has 1 N–H and O–H groups in total. The zero-order valence-electron chi connectivity index (χ0n) is 12.6. The van der Waals surface area contributed by atoms with E-state index >= 15 is 0 Å². The van der Waals surface area contributed by atoms with Gasteiger partial charge in [-0.15, -0.1) is 10.2 Å². The highest BCUT2D eigenvalue weighted by Crippen LogP contribution is 2.54. The van der Waals surface area contributed by atoms with Gasteiger partial charge in [0.25, 0.3) is 0 Å². The lowest BCUT2D eigenvalue weighted by molar-refractivity contribution is -2.00. The van der Waals surface area contributed by atoms with Gasteiger partial charge in [0, 0.05) is 6.54 Å². The second-order valence-electron chi connectivity index (χ2n) is 5.20. The third-order valence-corrected chi connectivity index (χ3v) is 7.81. The van der Waals surface area contributed by atoms with Gasteiger partial charge in [0.2, 0.25) is 0 Å². The van der Waals surface area contributed by atoms with E-state index in [0.29, 0.717) is 0 Å². The van der Waals surface area contributed by atoms with Crippen LogP contribution in [-0.4, -0.2) is 12.7 Å². The van der Waals surface area contributed by atoms with Crippen LogP contribution < -0.4 is 34.3 Å². The largest absolute Gasteiger partial charge is 0.222 e. The van der Waals surface area contributed by atoms with Crippen LogP contribution in [0.5, 0.6) is 0 Å². The predicted octanol–water partition coefficient (Wildman–Crippen LogP) is -1.80. The summed E-state index contributed by atoms with van der Waals surface area (Å²) in [6.07, 6.45) is 3.94. The molecule has 0 radical (unpaired) electrons. The number of nitrogens with one attached hydrogen (secondary N) is 1. The summed E-state index contributed by atoms with van der Waals surface area (Å²) in [5.41, 5.74) is 0. The summed E-state index contributed by atoms with van der Waals surface area (Å²) in [5.74, 6) is 0. The van der Waals surface area contributed by atoms with Gasteiger partial charge in [0.15, 0.2) is 0 Å². The summed E-state index contributed by atoms with van der Waals surface area (Å²) in [4.78, 5) is 0. The molecule has 1 fully saturated rings. The molecule has 0 unspecified atom stereocenters. The molecular weight excluding hydrogens is 337 g/mol. The average Bonchev–Trinajstić information content (AvgIpc) is 2.56. The summed E-state index contributed by atoms with van der Waals surface area (Å²) in [6, 6.07) is 22.0. The van der Waals surface area contributed by atoms with Crippen molar-refractivity contribution < 1.29 is 28.9 Å². The van der Waals surface area contributed by atoms with Crippen molar-refractivity contribution in [2.45, 2.75) is 12.8 Å². The topological polar surface area (TPSA) is 104 Å². The molecule has 0 aromatic heterocycles. The van der Waals surface area contributed by atoms with Crippen LogP contribution in [-0.2, 0) is 0 Å². The van der Waals surface area contributed by atoms with Gasteiger partial charge < -0.3 is 0 Å². The van der Waals surface area contributed by atoms with Crippen LogP contribution in [0.2, 0.25) is 0 Å². The maximum atomic E-state index is 8.49. The maximum absolute atomic E-state index is 8.49. The van der Waals surface area contributed by atoms with Crippen molar-refractivity contribution in [3.63, 3.8) is 0 Å². The van der Waals surface area contributed by atoms with E-state index in [2.05, 4.69) is 65.8 Å². The van der Waals surface area contributed by atoms with Crippen LogP contribution in [0, 0.1) is 10.2 Å². The second-order valence-corrected chi connectivity index (χ2v) is 9.37. The molecular formula is C16H19ClNO4P. The van der Waals surface area contributed by atoms with Crippen molar-refractivity contribution in [3.8, 4) is 0 Å². The smallest absolute Gasteiger partial charge is 0.145 e. The molecule has 0 amide bonds. The molecule has 5 nitrogen and oxygen atoms in total. The zero-order chi connectivity index (χ0) is 16.8. The first-order valence-electron chi connectivity index (χ1n) is 7.28. The lowest BCUT2D eigenvalue weighted by atomic mass is 10.3. The third-order valence-electron chi connectivity index (χ3n) is 3.70. The Morgan fingerprint density at radius 3 is 1.52 bits per heavy atom. The quantitative estimate of drug-likeness (QED) is 0.640. The normalized spacial score (nSPS) is 17.0. The van der Waals surface area contributed by atoms with Gasteiger partial charge in [0.1, 0.15) is 18.0 Å². The van der Waals surface area contributed by atoms with Crippen molar-refractivity contribution in [2.75, 3.05) is 12.7 Å². The lowest BCUT2D eigenvalue weighted by Crippen LogP contribution is -2.68. The molecule has 1 aliphatic rings. The minimum atomic E-state index is -4.94. The van der Waals surface area contributed by atoms with Crippen LogP contribution in [0.3, 0.4) is 0 Å². The summed E-state index contributed by atoms with van der Waals surface area (Å²) >= 11 is 0. The molecule has 2 aromatic rings. The van der Waals surface area contributed by atoms with Gasteiger partial charge in [-0.3, -0.25) is 0 Å². The molecule has 3 rings (SSSR count). The summed E-state index contributed by atoms with van der Waals surface area (Å²) in [5, 5.41) is 6.87. The number of halogens is 1. The number of rotatable bonds is 2. The molecule has 1 saturated heterocycles. The monoisotopic (exact) mass is 355 g/mol. The van der Waals surface area contributed by atoms with E-state index < -0.39 is 17.7 Å². The fourth-order valence-electron chi connectivity index (χ4n) is 2.78. The average molecular weight is 356 g/mol. The van der Waals surface area contributed by atoms with Gasteiger partial charge in [-0.2, -0.15) is 5.09 Å². The molecule has 1 heterocycles. The van der Waals surface area contributed by atoms with E-state index in [9.17, 15) is 0 Å². The van der Waals surface area contributed by atoms with Gasteiger partial charge in [0.05, 0.1) is 6.16 Å². The first kappa shape index (κ1) is 18.3. The Morgan fingerprint density at radius 1 is 0.739 bits per heavy atom. The second kappa shape index (κ2) is 8.18. The van der Waals surface area contributed by atoms with Crippen LogP contribution in [0.25, 0.3) is 0 Å². The highest BCUT2D eigenvalue weighted by Gasteiger charge is 2.43. The third kappa shape index (κ3) is 5.52.